The van der Waals surface area contributed by atoms with Gasteiger partial charge >= 0.3 is 12.4 Å². The van der Waals surface area contributed by atoms with Crippen LogP contribution in [-0.2, 0) is 30.2 Å². The van der Waals surface area contributed by atoms with E-state index in [1.54, 1.807) is 0 Å². The lowest BCUT2D eigenvalue weighted by atomic mass is 9.92. The first-order valence-electron chi connectivity index (χ1n) is 11.1. The average Bonchev–Trinajstić information content (AvgIpc) is 3.29. The quantitative estimate of drug-likeness (QED) is 0.261. The summed E-state index contributed by atoms with van der Waals surface area (Å²) in [7, 11) is 0. The van der Waals surface area contributed by atoms with E-state index in [-0.39, 0.29) is 30.1 Å². The number of hydrogen-bond acceptors (Lipinski definition) is 5. The molecule has 1 aliphatic rings. The van der Waals surface area contributed by atoms with Crippen LogP contribution in [0, 0.1) is 0 Å². The minimum absolute atomic E-state index is 0. The van der Waals surface area contributed by atoms with Crippen molar-refractivity contribution in [1.29, 1.82) is 0 Å². The second kappa shape index (κ2) is 11.9. The zero-order chi connectivity index (χ0) is 25.9. The van der Waals surface area contributed by atoms with Gasteiger partial charge in [-0.15, -0.1) is 12.4 Å². The van der Waals surface area contributed by atoms with Crippen LogP contribution in [0.4, 0.5) is 26.3 Å². The van der Waals surface area contributed by atoms with Crippen LogP contribution in [0.15, 0.2) is 48.5 Å². The minimum atomic E-state index is -4.91. The van der Waals surface area contributed by atoms with E-state index in [0.717, 1.165) is 12.0 Å². The van der Waals surface area contributed by atoms with Gasteiger partial charge in [0.1, 0.15) is 5.82 Å². The summed E-state index contributed by atoms with van der Waals surface area (Å²) < 4.78 is 85.6. The van der Waals surface area contributed by atoms with Crippen LogP contribution in [-0.4, -0.2) is 38.1 Å². The molecule has 37 heavy (non-hydrogen) atoms. The number of nitrogens with one attached hydrogen (secondary N) is 1. The number of piperidine rings is 1. The molecule has 5 nitrogen and oxygen atoms in total. The number of nitrogens with zero attached hydrogens (tertiary/aromatic N) is 3. The Bertz CT molecular complexity index is 1160. The van der Waals surface area contributed by atoms with Crippen molar-refractivity contribution in [2.24, 2.45) is 0 Å². The molecule has 1 saturated heterocycles. The molecule has 0 bridgehead atoms. The number of rotatable bonds is 7. The molecule has 1 aliphatic heterocycles. The van der Waals surface area contributed by atoms with Gasteiger partial charge in [-0.25, -0.2) is 4.98 Å². The Morgan fingerprint density at radius 2 is 1.68 bits per heavy atom. The van der Waals surface area contributed by atoms with Crippen molar-refractivity contribution in [1.82, 2.24) is 20.1 Å². The maximum atomic E-state index is 13.3. The van der Waals surface area contributed by atoms with E-state index < -0.39 is 36.2 Å². The van der Waals surface area contributed by atoms with E-state index in [1.807, 2.05) is 30.3 Å². The highest BCUT2D eigenvalue weighted by Gasteiger charge is 2.38. The Kier molecular flexibility index (Phi) is 9.32. The van der Waals surface area contributed by atoms with Crippen LogP contribution >= 0.6 is 24.6 Å². The summed E-state index contributed by atoms with van der Waals surface area (Å²) in [5, 5.41) is 8.19. The molecular weight excluding hydrogens is 542 g/mol. The third-order valence-electron chi connectivity index (χ3n) is 5.94. The maximum Gasteiger partial charge on any atom is 0.416 e. The number of aromatic nitrogens is 3. The van der Waals surface area contributed by atoms with Crippen LogP contribution < -0.4 is 0 Å². The summed E-state index contributed by atoms with van der Waals surface area (Å²) in [4.78, 5) is 6.41. The Labute approximate surface area is 220 Å². The molecule has 4 rings (SSSR count). The van der Waals surface area contributed by atoms with Crippen molar-refractivity contribution >= 4 is 30.0 Å². The molecule has 13 heteroatoms. The topological polar surface area (TPSA) is 54.0 Å². The Morgan fingerprint density at radius 3 is 2.24 bits per heavy atom. The summed E-state index contributed by atoms with van der Waals surface area (Å²) in [6.45, 7) is 0.679. The number of alkyl halides is 6. The third-order valence-corrected chi connectivity index (χ3v) is 6.15. The molecule has 0 amide bonds. The summed E-state index contributed by atoms with van der Waals surface area (Å²) in [5.41, 5.74) is -2.00. The van der Waals surface area contributed by atoms with Gasteiger partial charge in [0.25, 0.3) is 0 Å². The van der Waals surface area contributed by atoms with Gasteiger partial charge < -0.3 is 4.74 Å². The van der Waals surface area contributed by atoms with Gasteiger partial charge in [-0.1, -0.05) is 42.5 Å². The van der Waals surface area contributed by atoms with Crippen molar-refractivity contribution < 1.29 is 31.1 Å². The number of thiocarbonyl (C=S) groups is 1. The summed E-state index contributed by atoms with van der Waals surface area (Å²) >= 11 is 4.86. The van der Waals surface area contributed by atoms with E-state index in [0.29, 0.717) is 43.3 Å². The lowest BCUT2D eigenvalue weighted by Gasteiger charge is -2.41. The van der Waals surface area contributed by atoms with Crippen molar-refractivity contribution in [2.45, 2.75) is 50.5 Å². The number of ether oxygens (including phenoxy) is 1. The summed E-state index contributed by atoms with van der Waals surface area (Å²) in [5.74, 6) is 0.964. The van der Waals surface area contributed by atoms with Crippen LogP contribution in [0.3, 0.4) is 0 Å². The first kappa shape index (κ1) is 29.0. The van der Waals surface area contributed by atoms with E-state index in [1.165, 1.54) is 5.37 Å². The molecule has 0 unspecified atom stereocenters. The fraction of sp³-hybridized carbons (Fsp3) is 0.375. The number of aromatic amines is 1. The molecule has 1 aromatic heterocycles. The first-order valence-corrected chi connectivity index (χ1v) is 11.6. The molecule has 200 valence electrons. The fourth-order valence-corrected chi connectivity index (χ4v) is 4.49. The van der Waals surface area contributed by atoms with E-state index in [9.17, 15) is 26.3 Å². The first-order chi connectivity index (χ1) is 17.0. The molecule has 1 fully saturated rings. The van der Waals surface area contributed by atoms with Gasteiger partial charge in [0.15, 0.2) is 5.82 Å². The Morgan fingerprint density at radius 1 is 1.03 bits per heavy atom. The van der Waals surface area contributed by atoms with Crippen molar-refractivity contribution in [3.63, 3.8) is 0 Å². The second-order valence-corrected chi connectivity index (χ2v) is 8.73. The Balaban J connectivity index is 0.00000380. The molecule has 0 radical (unpaired) electrons. The lowest BCUT2D eigenvalue weighted by Crippen LogP contribution is -2.42. The predicted octanol–water partition coefficient (Wildman–Crippen LogP) is 6.53. The van der Waals surface area contributed by atoms with Gasteiger partial charge in [0.05, 0.1) is 36.4 Å². The van der Waals surface area contributed by atoms with Crippen LogP contribution in [0.25, 0.3) is 0 Å². The average molecular weight is 565 g/mol. The van der Waals surface area contributed by atoms with E-state index in [4.69, 9.17) is 17.0 Å². The molecule has 0 spiro atoms. The number of hydrogen-bond donors (Lipinski definition) is 1. The summed E-state index contributed by atoms with van der Waals surface area (Å²) in [6.07, 6.45) is -9.00. The molecule has 1 N–H and O–H groups in total. The van der Waals surface area contributed by atoms with E-state index in [2.05, 4.69) is 20.1 Å². The number of H-pyrrole nitrogens is 1. The normalized spacial score (nSPS) is 18.9. The SMILES string of the molecule is Cl.FC(F)(F)c1cc(CO[C@@H]2CCCN(Cc3nc(C=S)n[nH]3)[C@@H]2c2ccccc2)cc(C(F)(F)F)c1. The van der Waals surface area contributed by atoms with Crippen LogP contribution in [0.1, 0.15) is 52.8 Å². The molecular formula is C24H23ClF6N4OS. The van der Waals surface area contributed by atoms with Crippen molar-refractivity contribution in [3.05, 3.63) is 82.4 Å². The molecule has 0 aliphatic carbocycles. The largest absolute Gasteiger partial charge is 0.416 e. The van der Waals surface area contributed by atoms with Gasteiger partial charge in [-0.05, 0) is 48.7 Å². The number of benzene rings is 2. The highest BCUT2D eigenvalue weighted by atomic mass is 35.5. The van der Waals surface area contributed by atoms with E-state index >= 15 is 0 Å². The summed E-state index contributed by atoms with van der Waals surface area (Å²) in [6, 6.07) is 10.6. The highest BCUT2D eigenvalue weighted by molar-refractivity contribution is 7.79. The fourth-order valence-electron chi connectivity index (χ4n) is 4.39. The van der Waals surface area contributed by atoms with Gasteiger partial charge in [-0.2, -0.15) is 31.4 Å². The molecule has 0 saturated carbocycles. The monoisotopic (exact) mass is 564 g/mol. The highest BCUT2D eigenvalue weighted by Crippen LogP contribution is 2.38. The molecule has 3 aromatic rings. The minimum Gasteiger partial charge on any atom is -0.372 e. The number of likely N-dealkylation sites (tertiary alicyclic amines) is 1. The molecule has 2 aromatic carbocycles. The molecule has 2 atom stereocenters. The standard InChI is InChI=1S/C24H22F6N4OS.ClH/c25-23(26,27)17-9-15(10-18(11-17)24(28,29)30)13-35-19-7-4-8-34(12-20-31-21(14-36)33-32-20)22(19)16-5-2-1-3-6-16;/h1-3,5-6,9-11,14,19,22H,4,7-8,12-13H2,(H,31,32,33);1H/t19-,22-;/m1./s1. The molecule has 2 heterocycles. The maximum absolute atomic E-state index is 13.3. The van der Waals surface area contributed by atoms with Crippen molar-refractivity contribution in [2.75, 3.05) is 6.54 Å². The van der Waals surface area contributed by atoms with Gasteiger partial charge in [-0.3, -0.25) is 10.00 Å². The van der Waals surface area contributed by atoms with Crippen LogP contribution in [0.5, 0.6) is 0 Å². The third kappa shape index (κ3) is 7.28. The smallest absolute Gasteiger partial charge is 0.372 e. The van der Waals surface area contributed by atoms with Gasteiger partial charge in [0, 0.05) is 5.37 Å². The zero-order valence-corrected chi connectivity index (χ0v) is 20.9. The lowest BCUT2D eigenvalue weighted by molar-refractivity contribution is -0.143. The number of halogens is 7. The zero-order valence-electron chi connectivity index (χ0n) is 19.2. The van der Waals surface area contributed by atoms with Crippen molar-refractivity contribution in [3.8, 4) is 0 Å². The predicted molar refractivity (Wildman–Crippen MR) is 130 cm³/mol. The van der Waals surface area contributed by atoms with Gasteiger partial charge in [0.2, 0.25) is 0 Å². The Hall–Kier alpha value is -2.54. The van der Waals surface area contributed by atoms with Crippen LogP contribution in [0.2, 0.25) is 0 Å². The second-order valence-electron chi connectivity index (χ2n) is 8.49.